The van der Waals surface area contributed by atoms with Crippen molar-refractivity contribution >= 4 is 11.8 Å². The first kappa shape index (κ1) is 17.0. The molecule has 0 aliphatic carbocycles. The normalized spacial score (nSPS) is 17.1. The lowest BCUT2D eigenvalue weighted by atomic mass is 9.99. The van der Waals surface area contributed by atoms with Crippen LogP contribution in [0.4, 0.5) is 0 Å². The number of piperidine rings is 1. The highest BCUT2D eigenvalue weighted by atomic mass is 16.2. The maximum Gasteiger partial charge on any atom is 0.242 e. The Morgan fingerprint density at radius 2 is 1.80 bits per heavy atom. The third-order valence-electron chi connectivity index (χ3n) is 3.78. The molecule has 5 nitrogen and oxygen atoms in total. The molecule has 1 fully saturated rings. The summed E-state index contributed by atoms with van der Waals surface area (Å²) in [4.78, 5) is 25.9. The topological polar surface area (TPSA) is 61.4 Å². The van der Waals surface area contributed by atoms with Crippen LogP contribution in [0, 0.1) is 0 Å². The van der Waals surface area contributed by atoms with E-state index in [4.69, 9.17) is 0 Å². The van der Waals surface area contributed by atoms with E-state index in [0.29, 0.717) is 6.42 Å². The lowest BCUT2D eigenvalue weighted by Crippen LogP contribution is -2.57. The summed E-state index contributed by atoms with van der Waals surface area (Å²) in [5.41, 5.74) is -0.507. The quantitative estimate of drug-likeness (QED) is 0.772. The number of hydrogen-bond acceptors (Lipinski definition) is 3. The zero-order valence-electron chi connectivity index (χ0n) is 13.3. The van der Waals surface area contributed by atoms with E-state index in [1.54, 1.807) is 0 Å². The monoisotopic (exact) mass is 283 g/mol. The second kappa shape index (κ2) is 7.62. The molecule has 0 radical (unpaired) electrons. The number of likely N-dealkylation sites (tertiary alicyclic amines) is 1. The Bertz CT molecular complexity index is 334. The molecule has 0 unspecified atom stereocenters. The Kier molecular flexibility index (Phi) is 6.46. The molecule has 0 aromatic carbocycles. The van der Waals surface area contributed by atoms with Crippen molar-refractivity contribution in [3.8, 4) is 0 Å². The van der Waals surface area contributed by atoms with Crippen LogP contribution in [0.5, 0.6) is 0 Å². The van der Waals surface area contributed by atoms with Gasteiger partial charge in [0.25, 0.3) is 0 Å². The fourth-order valence-corrected chi connectivity index (χ4v) is 2.67. The molecule has 0 aromatic rings. The molecule has 20 heavy (non-hydrogen) atoms. The van der Waals surface area contributed by atoms with Crippen molar-refractivity contribution in [2.24, 2.45) is 0 Å². The summed E-state index contributed by atoms with van der Waals surface area (Å²) in [6, 6.07) is 0.223. The van der Waals surface area contributed by atoms with Crippen LogP contribution >= 0.6 is 0 Å². The molecular formula is C15H29N3O2. The minimum Gasteiger partial charge on any atom is -0.353 e. The highest BCUT2D eigenvalue weighted by Gasteiger charge is 2.33. The van der Waals surface area contributed by atoms with E-state index in [-0.39, 0.29) is 17.9 Å². The van der Waals surface area contributed by atoms with E-state index in [0.717, 1.165) is 38.9 Å². The first-order valence-electron chi connectivity index (χ1n) is 7.74. The lowest BCUT2D eigenvalue weighted by molar-refractivity contribution is -0.138. The lowest BCUT2D eigenvalue weighted by Gasteiger charge is -2.37. The third-order valence-corrected chi connectivity index (χ3v) is 3.78. The standard InChI is InChI=1S/C15H29N3O2/c1-5-7-13(19)17-12-8-10-18(11-9-12)14(20)15(3,4)16-6-2/h12,16H,5-11H2,1-4H3,(H,17,19). The van der Waals surface area contributed by atoms with Gasteiger partial charge in [-0.25, -0.2) is 0 Å². The van der Waals surface area contributed by atoms with Crippen LogP contribution in [-0.2, 0) is 9.59 Å². The van der Waals surface area contributed by atoms with E-state index < -0.39 is 5.54 Å². The maximum absolute atomic E-state index is 12.4. The molecule has 116 valence electrons. The highest BCUT2D eigenvalue weighted by molar-refractivity contribution is 5.85. The van der Waals surface area contributed by atoms with Crippen LogP contribution in [0.15, 0.2) is 0 Å². The molecular weight excluding hydrogens is 254 g/mol. The highest BCUT2D eigenvalue weighted by Crippen LogP contribution is 2.15. The molecule has 1 aliphatic rings. The Morgan fingerprint density at radius 3 is 2.30 bits per heavy atom. The molecule has 0 bridgehead atoms. The van der Waals surface area contributed by atoms with E-state index in [1.165, 1.54) is 0 Å². The van der Waals surface area contributed by atoms with Crippen molar-refractivity contribution in [3.63, 3.8) is 0 Å². The summed E-state index contributed by atoms with van der Waals surface area (Å²) in [5, 5.41) is 6.27. The molecule has 2 N–H and O–H groups in total. The molecule has 0 aromatic heterocycles. The predicted molar refractivity (Wildman–Crippen MR) is 80.4 cm³/mol. The Hall–Kier alpha value is -1.10. The largest absolute Gasteiger partial charge is 0.353 e. The average molecular weight is 283 g/mol. The number of likely N-dealkylation sites (N-methyl/N-ethyl adjacent to an activating group) is 1. The van der Waals surface area contributed by atoms with Gasteiger partial charge in [-0.3, -0.25) is 9.59 Å². The molecule has 1 saturated heterocycles. The summed E-state index contributed by atoms with van der Waals surface area (Å²) in [5.74, 6) is 0.281. The summed E-state index contributed by atoms with van der Waals surface area (Å²) in [7, 11) is 0. The van der Waals surface area contributed by atoms with Gasteiger partial charge in [-0.1, -0.05) is 13.8 Å². The third kappa shape index (κ3) is 4.78. The van der Waals surface area contributed by atoms with Gasteiger partial charge in [-0.15, -0.1) is 0 Å². The van der Waals surface area contributed by atoms with Gasteiger partial charge < -0.3 is 15.5 Å². The smallest absolute Gasteiger partial charge is 0.242 e. The minimum atomic E-state index is -0.507. The van der Waals surface area contributed by atoms with E-state index in [9.17, 15) is 9.59 Å². The van der Waals surface area contributed by atoms with Gasteiger partial charge in [-0.2, -0.15) is 0 Å². The predicted octanol–water partition coefficient (Wildman–Crippen LogP) is 1.28. The van der Waals surface area contributed by atoms with Gasteiger partial charge in [0.05, 0.1) is 5.54 Å². The molecule has 1 heterocycles. The number of nitrogens with zero attached hydrogens (tertiary/aromatic N) is 1. The van der Waals surface area contributed by atoms with E-state index in [1.807, 2.05) is 32.6 Å². The van der Waals surface area contributed by atoms with Crippen LogP contribution in [0.3, 0.4) is 0 Å². The van der Waals surface area contributed by atoms with Gasteiger partial charge >= 0.3 is 0 Å². The zero-order chi connectivity index (χ0) is 15.2. The van der Waals surface area contributed by atoms with Crippen LogP contribution in [0.1, 0.15) is 53.4 Å². The van der Waals surface area contributed by atoms with Gasteiger partial charge in [0.15, 0.2) is 0 Å². The summed E-state index contributed by atoms with van der Waals surface area (Å²) >= 11 is 0. The first-order valence-corrected chi connectivity index (χ1v) is 7.74. The van der Waals surface area contributed by atoms with Crippen molar-refractivity contribution in [1.82, 2.24) is 15.5 Å². The molecule has 1 rings (SSSR count). The average Bonchev–Trinajstić information content (AvgIpc) is 2.39. The van der Waals surface area contributed by atoms with Crippen molar-refractivity contribution in [2.75, 3.05) is 19.6 Å². The van der Waals surface area contributed by atoms with Gasteiger partial charge in [0.2, 0.25) is 11.8 Å². The van der Waals surface area contributed by atoms with E-state index in [2.05, 4.69) is 10.6 Å². The summed E-state index contributed by atoms with van der Waals surface area (Å²) in [6.07, 6.45) is 3.17. The summed E-state index contributed by atoms with van der Waals surface area (Å²) < 4.78 is 0. The number of rotatable bonds is 6. The van der Waals surface area contributed by atoms with Gasteiger partial charge in [-0.05, 0) is 39.7 Å². The summed E-state index contributed by atoms with van der Waals surface area (Å²) in [6.45, 7) is 10.1. The number of nitrogens with one attached hydrogen (secondary N) is 2. The first-order chi connectivity index (χ1) is 9.40. The molecule has 0 spiro atoms. The number of carbonyl (C=O) groups excluding carboxylic acids is 2. The van der Waals surface area contributed by atoms with Crippen LogP contribution in [0.25, 0.3) is 0 Å². The SMILES string of the molecule is CCCC(=O)NC1CCN(C(=O)C(C)(C)NCC)CC1. The van der Waals surface area contributed by atoms with Crippen LogP contribution in [0.2, 0.25) is 0 Å². The minimum absolute atomic E-state index is 0.130. The van der Waals surface area contributed by atoms with Crippen LogP contribution in [-0.4, -0.2) is 47.9 Å². The molecule has 0 atom stereocenters. The second-order valence-corrected chi connectivity index (χ2v) is 6.04. The molecule has 2 amide bonds. The number of hydrogen-bond donors (Lipinski definition) is 2. The molecule has 1 aliphatic heterocycles. The zero-order valence-corrected chi connectivity index (χ0v) is 13.3. The number of amides is 2. The van der Waals surface area contributed by atoms with Crippen molar-refractivity contribution in [1.29, 1.82) is 0 Å². The Morgan fingerprint density at radius 1 is 1.20 bits per heavy atom. The Balaban J connectivity index is 2.42. The van der Waals surface area contributed by atoms with Gasteiger partial charge in [0.1, 0.15) is 0 Å². The Labute approximate surface area is 122 Å². The fourth-order valence-electron chi connectivity index (χ4n) is 2.67. The van der Waals surface area contributed by atoms with Crippen molar-refractivity contribution < 1.29 is 9.59 Å². The van der Waals surface area contributed by atoms with Crippen LogP contribution < -0.4 is 10.6 Å². The van der Waals surface area contributed by atoms with Crippen molar-refractivity contribution in [2.45, 2.75) is 65.0 Å². The second-order valence-electron chi connectivity index (χ2n) is 6.04. The molecule has 5 heteroatoms. The fraction of sp³-hybridized carbons (Fsp3) is 0.867. The maximum atomic E-state index is 12.4. The number of carbonyl (C=O) groups is 2. The van der Waals surface area contributed by atoms with Crippen molar-refractivity contribution in [3.05, 3.63) is 0 Å². The molecule has 0 saturated carbocycles. The van der Waals surface area contributed by atoms with Gasteiger partial charge in [0, 0.05) is 25.6 Å². The van der Waals surface area contributed by atoms with E-state index >= 15 is 0 Å².